The zero-order chi connectivity index (χ0) is 12.3. The summed E-state index contributed by atoms with van der Waals surface area (Å²) in [6.45, 7) is 2.76. The quantitative estimate of drug-likeness (QED) is 0.708. The summed E-state index contributed by atoms with van der Waals surface area (Å²) in [5.41, 5.74) is 2.27. The second-order valence-corrected chi connectivity index (χ2v) is 4.43. The first-order chi connectivity index (χ1) is 8.18. The van der Waals surface area contributed by atoms with Crippen molar-refractivity contribution < 1.29 is 9.90 Å². The van der Waals surface area contributed by atoms with Gasteiger partial charge in [-0.2, -0.15) is 0 Å². The maximum atomic E-state index is 12.0. The number of rotatable bonds is 3. The van der Waals surface area contributed by atoms with E-state index in [2.05, 4.69) is 16.7 Å². The minimum atomic E-state index is -0.516. The lowest BCUT2D eigenvalue weighted by Crippen LogP contribution is -2.43. The monoisotopic (exact) mass is 234 g/mol. The maximum absolute atomic E-state index is 12.0. The van der Waals surface area contributed by atoms with E-state index in [1.807, 2.05) is 18.2 Å². The van der Waals surface area contributed by atoms with Crippen LogP contribution in [0.2, 0.25) is 0 Å². The van der Waals surface area contributed by atoms with Gasteiger partial charge in [-0.1, -0.05) is 24.3 Å². The molecule has 3 N–H and O–H groups in total. The molecule has 4 nitrogen and oxygen atoms in total. The van der Waals surface area contributed by atoms with Crippen molar-refractivity contribution in [2.24, 2.45) is 0 Å². The topological polar surface area (TPSA) is 61.4 Å². The fraction of sp³-hybridized carbons (Fsp3) is 0.462. The van der Waals surface area contributed by atoms with Gasteiger partial charge < -0.3 is 15.7 Å². The lowest BCUT2D eigenvalue weighted by Gasteiger charge is -2.26. The Morgan fingerprint density at radius 1 is 1.59 bits per heavy atom. The second kappa shape index (κ2) is 5.29. The predicted molar refractivity (Wildman–Crippen MR) is 65.6 cm³/mol. The van der Waals surface area contributed by atoms with Crippen molar-refractivity contribution in [1.82, 2.24) is 10.6 Å². The van der Waals surface area contributed by atoms with E-state index < -0.39 is 6.10 Å². The molecule has 4 heteroatoms. The molecule has 1 aromatic carbocycles. The molecule has 0 spiro atoms. The van der Waals surface area contributed by atoms with Crippen LogP contribution in [-0.2, 0) is 11.2 Å². The molecule has 1 aromatic rings. The zero-order valence-electron chi connectivity index (χ0n) is 9.94. The maximum Gasteiger partial charge on any atom is 0.241 e. The van der Waals surface area contributed by atoms with Crippen molar-refractivity contribution in [3.63, 3.8) is 0 Å². The summed E-state index contributed by atoms with van der Waals surface area (Å²) in [5.74, 6) is -0.0712. The Kier molecular flexibility index (Phi) is 3.76. The summed E-state index contributed by atoms with van der Waals surface area (Å²) in [5, 5.41) is 15.1. The number of carbonyl (C=O) groups excluding carboxylic acids is 1. The van der Waals surface area contributed by atoms with E-state index >= 15 is 0 Å². The summed E-state index contributed by atoms with van der Waals surface area (Å²) in [4.78, 5) is 12.0. The van der Waals surface area contributed by atoms with Gasteiger partial charge in [-0.15, -0.1) is 0 Å². The van der Waals surface area contributed by atoms with Crippen LogP contribution in [0.1, 0.15) is 24.1 Å². The molecule has 17 heavy (non-hydrogen) atoms. The Labute approximate surface area is 101 Å². The average molecular weight is 234 g/mol. The Balaban J connectivity index is 2.10. The smallest absolute Gasteiger partial charge is 0.241 e. The summed E-state index contributed by atoms with van der Waals surface area (Å²) in [6, 6.07) is 7.69. The van der Waals surface area contributed by atoms with Gasteiger partial charge in [-0.25, -0.2) is 0 Å². The minimum Gasteiger partial charge on any atom is -0.392 e. The molecule has 1 aliphatic rings. The van der Waals surface area contributed by atoms with Gasteiger partial charge in [-0.05, 0) is 24.5 Å². The molecular formula is C13H18N2O2. The van der Waals surface area contributed by atoms with E-state index in [1.165, 1.54) is 5.56 Å². The summed E-state index contributed by atoms with van der Waals surface area (Å²) < 4.78 is 0. The van der Waals surface area contributed by atoms with E-state index in [0.717, 1.165) is 18.5 Å². The number of nitrogens with one attached hydrogen (secondary N) is 2. The van der Waals surface area contributed by atoms with Gasteiger partial charge >= 0.3 is 0 Å². The number of amides is 1. The molecule has 0 aliphatic carbocycles. The van der Waals surface area contributed by atoms with Crippen molar-refractivity contribution in [1.29, 1.82) is 0 Å². The standard InChI is InChI=1S/C13H18N2O2/c1-9(16)8-15-13(17)12-11-5-3-2-4-10(11)6-7-14-12/h2-5,9,12,14,16H,6-8H2,1H3,(H,15,17)/t9-,12?/m1/s1. The molecule has 1 amide bonds. The number of aliphatic hydroxyl groups is 1. The Hall–Kier alpha value is -1.39. The third kappa shape index (κ3) is 2.84. The van der Waals surface area contributed by atoms with Gasteiger partial charge in [0.05, 0.1) is 6.10 Å². The van der Waals surface area contributed by atoms with Crippen molar-refractivity contribution in [3.8, 4) is 0 Å². The lowest BCUT2D eigenvalue weighted by atomic mass is 9.94. The van der Waals surface area contributed by atoms with Gasteiger partial charge in [0.25, 0.3) is 0 Å². The summed E-state index contributed by atoms with van der Waals surface area (Å²) in [7, 11) is 0. The first-order valence-electron chi connectivity index (χ1n) is 5.95. The summed E-state index contributed by atoms with van der Waals surface area (Å²) in [6.07, 6.45) is 0.439. The molecular weight excluding hydrogens is 216 g/mol. The Morgan fingerprint density at radius 2 is 2.35 bits per heavy atom. The molecule has 0 saturated carbocycles. The van der Waals surface area contributed by atoms with Crippen LogP contribution in [-0.4, -0.2) is 30.2 Å². The van der Waals surface area contributed by atoms with E-state index in [0.29, 0.717) is 6.54 Å². The molecule has 0 fully saturated rings. The molecule has 92 valence electrons. The lowest BCUT2D eigenvalue weighted by molar-refractivity contribution is -0.123. The Morgan fingerprint density at radius 3 is 3.12 bits per heavy atom. The van der Waals surface area contributed by atoms with E-state index in [1.54, 1.807) is 6.92 Å². The molecule has 1 unspecified atom stereocenters. The number of hydrogen-bond acceptors (Lipinski definition) is 3. The highest BCUT2D eigenvalue weighted by atomic mass is 16.3. The minimum absolute atomic E-state index is 0.0712. The Bertz CT molecular complexity index is 404. The van der Waals surface area contributed by atoms with Crippen molar-refractivity contribution in [3.05, 3.63) is 35.4 Å². The number of fused-ring (bicyclic) bond motifs is 1. The SMILES string of the molecule is C[C@@H](O)CNC(=O)C1NCCc2ccccc21. The van der Waals surface area contributed by atoms with Crippen LogP contribution >= 0.6 is 0 Å². The van der Waals surface area contributed by atoms with Crippen LogP contribution < -0.4 is 10.6 Å². The highest BCUT2D eigenvalue weighted by molar-refractivity contribution is 5.83. The van der Waals surface area contributed by atoms with E-state index in [4.69, 9.17) is 5.11 Å². The highest BCUT2D eigenvalue weighted by Gasteiger charge is 2.25. The van der Waals surface area contributed by atoms with Gasteiger partial charge in [0.15, 0.2) is 0 Å². The van der Waals surface area contributed by atoms with Crippen LogP contribution in [0, 0.1) is 0 Å². The van der Waals surface area contributed by atoms with Crippen molar-refractivity contribution in [2.45, 2.75) is 25.5 Å². The molecule has 0 aromatic heterocycles. The van der Waals surface area contributed by atoms with Gasteiger partial charge in [0.1, 0.15) is 6.04 Å². The normalized spacial score (nSPS) is 20.5. The van der Waals surface area contributed by atoms with Crippen molar-refractivity contribution >= 4 is 5.91 Å². The molecule has 0 bridgehead atoms. The number of aliphatic hydroxyl groups excluding tert-OH is 1. The fourth-order valence-electron chi connectivity index (χ4n) is 2.09. The predicted octanol–water partition coefficient (Wildman–Crippen LogP) is 0.370. The molecule has 2 rings (SSSR count). The molecule has 2 atom stereocenters. The number of carbonyl (C=O) groups is 1. The van der Waals surface area contributed by atoms with Crippen LogP contribution in [0.5, 0.6) is 0 Å². The zero-order valence-corrected chi connectivity index (χ0v) is 9.94. The summed E-state index contributed by atoms with van der Waals surface area (Å²) >= 11 is 0. The van der Waals surface area contributed by atoms with Crippen LogP contribution in [0.15, 0.2) is 24.3 Å². The van der Waals surface area contributed by atoms with Crippen LogP contribution in [0.25, 0.3) is 0 Å². The van der Waals surface area contributed by atoms with Gasteiger partial charge in [0, 0.05) is 13.1 Å². The van der Waals surface area contributed by atoms with E-state index in [9.17, 15) is 4.79 Å². The first kappa shape index (κ1) is 12.1. The number of benzene rings is 1. The van der Waals surface area contributed by atoms with Gasteiger partial charge in [0.2, 0.25) is 5.91 Å². The molecule has 0 saturated heterocycles. The van der Waals surface area contributed by atoms with Crippen molar-refractivity contribution in [2.75, 3.05) is 13.1 Å². The highest BCUT2D eigenvalue weighted by Crippen LogP contribution is 2.22. The first-order valence-corrected chi connectivity index (χ1v) is 5.95. The average Bonchev–Trinajstić information content (AvgIpc) is 2.35. The third-order valence-electron chi connectivity index (χ3n) is 2.94. The fourth-order valence-corrected chi connectivity index (χ4v) is 2.09. The van der Waals surface area contributed by atoms with E-state index in [-0.39, 0.29) is 11.9 Å². The largest absolute Gasteiger partial charge is 0.392 e. The van der Waals surface area contributed by atoms with Crippen LogP contribution in [0.3, 0.4) is 0 Å². The molecule has 1 heterocycles. The molecule has 0 radical (unpaired) electrons. The van der Waals surface area contributed by atoms with Crippen LogP contribution in [0.4, 0.5) is 0 Å². The molecule has 1 aliphatic heterocycles. The number of hydrogen-bond donors (Lipinski definition) is 3. The van der Waals surface area contributed by atoms with Gasteiger partial charge in [-0.3, -0.25) is 4.79 Å². The second-order valence-electron chi connectivity index (χ2n) is 4.43. The third-order valence-corrected chi connectivity index (χ3v) is 2.94.